The number of carbonyl (C=O) groups is 2. The number of carbonyl (C=O) groups excluding carboxylic acids is 2. The van der Waals surface area contributed by atoms with Crippen LogP contribution >= 0.6 is 0 Å². The summed E-state index contributed by atoms with van der Waals surface area (Å²) in [5.41, 5.74) is 0.133. The Labute approximate surface area is 103 Å². The molecule has 5 heteroatoms. The third-order valence-corrected chi connectivity index (χ3v) is 2.55. The summed E-state index contributed by atoms with van der Waals surface area (Å²) in [5, 5.41) is 0. The molecule has 0 fully saturated rings. The summed E-state index contributed by atoms with van der Waals surface area (Å²) in [6, 6.07) is 7.57. The first-order valence-corrected chi connectivity index (χ1v) is 5.58. The van der Waals surface area contributed by atoms with Crippen LogP contribution in [-0.2, 0) is 4.79 Å². The third-order valence-electron chi connectivity index (χ3n) is 2.55. The lowest BCUT2D eigenvalue weighted by atomic mass is 9.89. The van der Waals surface area contributed by atoms with Gasteiger partial charge in [-0.1, -0.05) is 43.7 Å². The van der Waals surface area contributed by atoms with Crippen molar-refractivity contribution in [1.82, 2.24) is 0 Å². The molecule has 0 N–H and O–H groups in total. The highest BCUT2D eigenvalue weighted by Crippen LogP contribution is 2.26. The number of hydrogen-bond acceptors (Lipinski definition) is 2. The molecule has 18 heavy (non-hydrogen) atoms. The molecule has 2 nitrogen and oxygen atoms in total. The minimum atomic E-state index is -4.97. The van der Waals surface area contributed by atoms with Crippen LogP contribution in [0.1, 0.15) is 30.1 Å². The summed E-state index contributed by atoms with van der Waals surface area (Å²) < 4.78 is 37.2. The zero-order chi connectivity index (χ0) is 13.8. The molecule has 0 spiro atoms. The summed E-state index contributed by atoms with van der Waals surface area (Å²) in [6.45, 7) is 1.63. The lowest BCUT2D eigenvalue weighted by Gasteiger charge is -2.15. The van der Waals surface area contributed by atoms with E-state index in [4.69, 9.17) is 0 Å². The van der Waals surface area contributed by atoms with Gasteiger partial charge in [-0.15, -0.1) is 0 Å². The Morgan fingerprint density at radius 3 is 2.17 bits per heavy atom. The van der Waals surface area contributed by atoms with Crippen LogP contribution in [0.4, 0.5) is 13.2 Å². The molecule has 0 bridgehead atoms. The highest BCUT2D eigenvalue weighted by atomic mass is 19.4. The predicted octanol–water partition coefficient (Wildman–Crippen LogP) is 3.42. The summed E-state index contributed by atoms with van der Waals surface area (Å²) >= 11 is 0. The third kappa shape index (κ3) is 3.42. The number of benzene rings is 1. The van der Waals surface area contributed by atoms with Crippen molar-refractivity contribution in [2.24, 2.45) is 5.92 Å². The smallest absolute Gasteiger partial charge is 0.293 e. The normalized spacial score (nSPS) is 13.1. The van der Waals surface area contributed by atoms with Gasteiger partial charge in [0.1, 0.15) is 0 Å². The van der Waals surface area contributed by atoms with Crippen molar-refractivity contribution in [2.75, 3.05) is 0 Å². The topological polar surface area (TPSA) is 34.1 Å². The van der Waals surface area contributed by atoms with E-state index in [1.807, 2.05) is 0 Å². The first kappa shape index (κ1) is 14.4. The van der Waals surface area contributed by atoms with Crippen LogP contribution in [0.15, 0.2) is 30.3 Å². The van der Waals surface area contributed by atoms with Crippen LogP contribution in [0.3, 0.4) is 0 Å². The van der Waals surface area contributed by atoms with Crippen LogP contribution in [0.2, 0.25) is 0 Å². The van der Waals surface area contributed by atoms with Crippen LogP contribution in [-0.4, -0.2) is 17.7 Å². The van der Waals surface area contributed by atoms with Crippen LogP contribution in [0.25, 0.3) is 0 Å². The van der Waals surface area contributed by atoms with Gasteiger partial charge in [-0.2, -0.15) is 13.2 Å². The fourth-order valence-corrected chi connectivity index (χ4v) is 1.67. The fourth-order valence-electron chi connectivity index (χ4n) is 1.67. The van der Waals surface area contributed by atoms with E-state index in [2.05, 4.69) is 0 Å². The second kappa shape index (κ2) is 5.80. The number of rotatable bonds is 5. The van der Waals surface area contributed by atoms with E-state index in [0.29, 0.717) is 6.42 Å². The van der Waals surface area contributed by atoms with Gasteiger partial charge in [-0.05, 0) is 6.42 Å². The van der Waals surface area contributed by atoms with Crippen molar-refractivity contribution in [1.29, 1.82) is 0 Å². The number of ketones is 2. The molecule has 0 aliphatic rings. The van der Waals surface area contributed by atoms with Crippen molar-refractivity contribution in [3.8, 4) is 0 Å². The summed E-state index contributed by atoms with van der Waals surface area (Å²) in [5.74, 6) is -4.35. The summed E-state index contributed by atoms with van der Waals surface area (Å²) in [6.07, 6.45) is -4.72. The van der Waals surface area contributed by atoms with Gasteiger partial charge >= 0.3 is 6.18 Å². The van der Waals surface area contributed by atoms with Crippen molar-refractivity contribution in [3.05, 3.63) is 35.9 Å². The highest BCUT2D eigenvalue weighted by molar-refractivity contribution is 6.12. The number of Topliss-reactive ketones (excluding diaryl/α,β-unsaturated/α-hetero) is 2. The zero-order valence-electron chi connectivity index (χ0n) is 9.83. The summed E-state index contributed by atoms with van der Waals surface area (Å²) in [4.78, 5) is 23.1. The molecule has 1 aromatic carbocycles. The maximum Gasteiger partial charge on any atom is 0.450 e. The van der Waals surface area contributed by atoms with Gasteiger partial charge < -0.3 is 0 Å². The van der Waals surface area contributed by atoms with Gasteiger partial charge in [0, 0.05) is 5.56 Å². The Bertz CT molecular complexity index is 424. The molecule has 0 heterocycles. The Kier molecular flexibility index (Phi) is 4.64. The van der Waals surface area contributed by atoms with Gasteiger partial charge in [-0.25, -0.2) is 0 Å². The Morgan fingerprint density at radius 2 is 1.72 bits per heavy atom. The van der Waals surface area contributed by atoms with Crippen LogP contribution < -0.4 is 0 Å². The van der Waals surface area contributed by atoms with E-state index in [1.54, 1.807) is 25.1 Å². The molecule has 1 aromatic rings. The molecule has 0 radical (unpaired) electrons. The average Bonchev–Trinajstić information content (AvgIpc) is 2.34. The number of hydrogen-bond donors (Lipinski definition) is 0. The minimum Gasteiger partial charge on any atom is -0.293 e. The first-order chi connectivity index (χ1) is 8.38. The van der Waals surface area contributed by atoms with Crippen LogP contribution in [0.5, 0.6) is 0 Å². The van der Waals surface area contributed by atoms with E-state index in [9.17, 15) is 22.8 Å². The molecule has 1 unspecified atom stereocenters. The van der Waals surface area contributed by atoms with E-state index in [0.717, 1.165) is 0 Å². The van der Waals surface area contributed by atoms with Crippen LogP contribution in [0, 0.1) is 5.92 Å². The first-order valence-electron chi connectivity index (χ1n) is 5.58. The second-order valence-electron chi connectivity index (χ2n) is 3.93. The van der Waals surface area contributed by atoms with Crippen molar-refractivity contribution in [3.63, 3.8) is 0 Å². The maximum absolute atomic E-state index is 12.4. The molecule has 0 aromatic heterocycles. The molecule has 0 aliphatic heterocycles. The second-order valence-corrected chi connectivity index (χ2v) is 3.93. The van der Waals surface area contributed by atoms with Crippen molar-refractivity contribution in [2.45, 2.75) is 25.9 Å². The minimum absolute atomic E-state index is 0.0912. The Balaban J connectivity index is 3.00. The molecule has 0 saturated carbocycles. The largest absolute Gasteiger partial charge is 0.450 e. The van der Waals surface area contributed by atoms with Crippen molar-refractivity contribution >= 4 is 11.6 Å². The lowest BCUT2D eigenvalue weighted by Crippen LogP contribution is -2.35. The molecule has 0 saturated heterocycles. The fraction of sp³-hybridized carbons (Fsp3) is 0.385. The molecule has 98 valence electrons. The van der Waals surface area contributed by atoms with E-state index in [1.165, 1.54) is 12.1 Å². The van der Waals surface area contributed by atoms with Gasteiger partial charge in [0.05, 0.1) is 5.92 Å². The van der Waals surface area contributed by atoms with Crippen molar-refractivity contribution < 1.29 is 22.8 Å². The number of halogens is 3. The lowest BCUT2D eigenvalue weighted by molar-refractivity contribution is -0.174. The molecule has 1 rings (SSSR count). The molecule has 0 aliphatic carbocycles. The molecular formula is C13H13F3O2. The summed E-state index contributed by atoms with van der Waals surface area (Å²) in [7, 11) is 0. The quantitative estimate of drug-likeness (QED) is 0.599. The van der Waals surface area contributed by atoms with Gasteiger partial charge in [0.2, 0.25) is 5.78 Å². The number of alkyl halides is 3. The van der Waals surface area contributed by atoms with E-state index < -0.39 is 23.7 Å². The molecular weight excluding hydrogens is 245 g/mol. The van der Waals surface area contributed by atoms with E-state index >= 15 is 0 Å². The van der Waals surface area contributed by atoms with Gasteiger partial charge in [-0.3, -0.25) is 9.59 Å². The monoisotopic (exact) mass is 258 g/mol. The highest BCUT2D eigenvalue weighted by Gasteiger charge is 2.45. The Hall–Kier alpha value is -1.65. The maximum atomic E-state index is 12.4. The average molecular weight is 258 g/mol. The zero-order valence-corrected chi connectivity index (χ0v) is 9.83. The predicted molar refractivity (Wildman–Crippen MR) is 60.2 cm³/mol. The van der Waals surface area contributed by atoms with E-state index in [-0.39, 0.29) is 12.0 Å². The Morgan fingerprint density at radius 1 is 1.17 bits per heavy atom. The standard InChI is InChI=1S/C13H13F3O2/c1-2-6-10(12(18)13(14,15)16)11(17)9-7-4-3-5-8-9/h3-5,7-8,10H,2,6H2,1H3. The molecule has 1 atom stereocenters. The SMILES string of the molecule is CCCC(C(=O)c1ccccc1)C(=O)C(F)(F)F. The molecule has 0 amide bonds. The van der Waals surface area contributed by atoms with Gasteiger partial charge in [0.25, 0.3) is 0 Å². The van der Waals surface area contributed by atoms with Gasteiger partial charge in [0.15, 0.2) is 5.78 Å².